The number of amides is 3. The van der Waals surface area contributed by atoms with E-state index in [4.69, 9.17) is 17.3 Å². The number of nitrogen functional groups attached to an aromatic ring is 1. The maximum atomic E-state index is 13.3. The predicted octanol–water partition coefficient (Wildman–Crippen LogP) is 4.35. The SMILES string of the molecule is CCc1cc(NC(C)=O)cnc1N.O=CN1CCN(C(=O)C2(C(F)(F)F)CC2)CC1c1ccc(F)c(Cl)c1. The van der Waals surface area contributed by atoms with Gasteiger partial charge in [-0.15, -0.1) is 0 Å². The lowest BCUT2D eigenvalue weighted by Gasteiger charge is -2.41. The lowest BCUT2D eigenvalue weighted by atomic mass is 9.99. The van der Waals surface area contributed by atoms with E-state index in [2.05, 4.69) is 10.3 Å². The minimum atomic E-state index is -4.58. The van der Waals surface area contributed by atoms with Crippen LogP contribution >= 0.6 is 11.6 Å². The molecule has 38 heavy (non-hydrogen) atoms. The minimum absolute atomic E-state index is 0.0286. The van der Waals surface area contributed by atoms with Gasteiger partial charge in [-0.3, -0.25) is 14.4 Å². The zero-order chi connectivity index (χ0) is 28.3. The van der Waals surface area contributed by atoms with Gasteiger partial charge in [0.05, 0.1) is 22.9 Å². The van der Waals surface area contributed by atoms with Gasteiger partial charge < -0.3 is 20.9 Å². The van der Waals surface area contributed by atoms with Crippen LogP contribution in [0.15, 0.2) is 30.5 Å². The molecule has 4 rings (SSSR count). The first kappa shape index (κ1) is 29.2. The average Bonchev–Trinajstić information content (AvgIpc) is 3.69. The molecule has 2 heterocycles. The van der Waals surface area contributed by atoms with E-state index in [9.17, 15) is 31.9 Å². The predicted molar refractivity (Wildman–Crippen MR) is 134 cm³/mol. The van der Waals surface area contributed by atoms with Crippen LogP contribution < -0.4 is 11.1 Å². The summed E-state index contributed by atoms with van der Waals surface area (Å²) in [7, 11) is 0. The summed E-state index contributed by atoms with van der Waals surface area (Å²) in [5.74, 6) is -1.17. The summed E-state index contributed by atoms with van der Waals surface area (Å²) < 4.78 is 52.9. The number of anilines is 2. The lowest BCUT2D eigenvalue weighted by Crippen LogP contribution is -2.53. The van der Waals surface area contributed by atoms with Crippen LogP contribution in [0.1, 0.15) is 43.9 Å². The first-order valence-corrected chi connectivity index (χ1v) is 12.2. The summed E-state index contributed by atoms with van der Waals surface area (Å²) in [6.07, 6.45) is -2.07. The molecule has 1 aliphatic carbocycles. The third kappa shape index (κ3) is 6.35. The number of pyridine rings is 1. The van der Waals surface area contributed by atoms with Crippen molar-refractivity contribution in [1.29, 1.82) is 0 Å². The Balaban J connectivity index is 0.000000260. The number of alkyl halides is 3. The van der Waals surface area contributed by atoms with E-state index in [1.54, 1.807) is 6.20 Å². The molecule has 3 N–H and O–H groups in total. The minimum Gasteiger partial charge on any atom is -0.383 e. The second kappa shape index (κ2) is 11.5. The van der Waals surface area contributed by atoms with Crippen molar-refractivity contribution in [2.24, 2.45) is 5.41 Å². The molecule has 206 valence electrons. The molecule has 1 aliphatic heterocycles. The maximum absolute atomic E-state index is 13.3. The molecule has 1 unspecified atom stereocenters. The molecule has 2 aliphatic rings. The Morgan fingerprint density at radius 1 is 1.26 bits per heavy atom. The van der Waals surface area contributed by atoms with Crippen molar-refractivity contribution in [3.8, 4) is 0 Å². The number of rotatable bonds is 5. The van der Waals surface area contributed by atoms with Crippen LogP contribution in [0.5, 0.6) is 0 Å². The van der Waals surface area contributed by atoms with Gasteiger partial charge in [-0.1, -0.05) is 24.6 Å². The van der Waals surface area contributed by atoms with Crippen molar-refractivity contribution in [3.63, 3.8) is 0 Å². The Kier molecular flexibility index (Phi) is 8.86. The molecule has 0 radical (unpaired) electrons. The highest BCUT2D eigenvalue weighted by Crippen LogP contribution is 2.58. The fourth-order valence-corrected chi connectivity index (χ4v) is 4.44. The van der Waals surface area contributed by atoms with Gasteiger partial charge in [0, 0.05) is 26.6 Å². The van der Waals surface area contributed by atoms with E-state index in [1.165, 1.54) is 24.0 Å². The summed E-state index contributed by atoms with van der Waals surface area (Å²) in [4.78, 5) is 40.9. The van der Waals surface area contributed by atoms with Crippen molar-refractivity contribution >= 4 is 41.3 Å². The fraction of sp³-hybridized carbons (Fsp3) is 0.440. The number of benzene rings is 1. The molecule has 1 saturated heterocycles. The monoisotopic (exact) mass is 557 g/mol. The van der Waals surface area contributed by atoms with E-state index in [0.29, 0.717) is 23.5 Å². The van der Waals surface area contributed by atoms with Crippen molar-refractivity contribution in [2.75, 3.05) is 30.7 Å². The molecule has 2 fully saturated rings. The summed E-state index contributed by atoms with van der Waals surface area (Å²) in [5.41, 5.74) is 5.43. The van der Waals surface area contributed by atoms with Gasteiger partial charge in [-0.2, -0.15) is 13.2 Å². The summed E-state index contributed by atoms with van der Waals surface area (Å²) in [5, 5.41) is 2.50. The van der Waals surface area contributed by atoms with Crippen LogP contribution in [0.4, 0.5) is 29.1 Å². The van der Waals surface area contributed by atoms with Crippen molar-refractivity contribution < 1.29 is 31.9 Å². The Hall–Kier alpha value is -3.41. The van der Waals surface area contributed by atoms with Crippen LogP contribution in [-0.2, 0) is 20.8 Å². The molecule has 13 heteroatoms. The maximum Gasteiger partial charge on any atom is 0.403 e. The number of halogens is 5. The smallest absolute Gasteiger partial charge is 0.383 e. The number of nitrogens with two attached hydrogens (primary N) is 1. The van der Waals surface area contributed by atoms with E-state index >= 15 is 0 Å². The molecule has 1 aromatic heterocycles. The summed E-state index contributed by atoms with van der Waals surface area (Å²) >= 11 is 5.75. The Morgan fingerprint density at radius 3 is 2.47 bits per heavy atom. The molecule has 1 aromatic carbocycles. The number of aromatic nitrogens is 1. The van der Waals surface area contributed by atoms with Gasteiger partial charge in [-0.25, -0.2) is 9.37 Å². The van der Waals surface area contributed by atoms with Gasteiger partial charge in [0.25, 0.3) is 0 Å². The molecule has 0 spiro atoms. The number of aryl methyl sites for hydroxylation is 1. The number of nitrogens with one attached hydrogen (secondary N) is 1. The molecule has 2 aromatic rings. The fourth-order valence-electron chi connectivity index (χ4n) is 4.25. The van der Waals surface area contributed by atoms with Gasteiger partial charge in [0.2, 0.25) is 18.2 Å². The highest BCUT2D eigenvalue weighted by molar-refractivity contribution is 6.30. The van der Waals surface area contributed by atoms with E-state index in [0.717, 1.165) is 23.0 Å². The summed E-state index contributed by atoms with van der Waals surface area (Å²) in [6.45, 7) is 3.49. The molecular formula is C25H28ClF4N5O3. The number of nitrogens with zero attached hydrogens (tertiary/aromatic N) is 3. The molecule has 1 atom stereocenters. The number of hydrogen-bond acceptors (Lipinski definition) is 5. The van der Waals surface area contributed by atoms with Crippen LogP contribution in [0, 0.1) is 11.2 Å². The van der Waals surface area contributed by atoms with Crippen molar-refractivity contribution in [1.82, 2.24) is 14.8 Å². The average molecular weight is 558 g/mol. The molecule has 3 amide bonds. The standard InChI is InChI=1S/C16H15ClF4N2O2.C9H13N3O/c17-11-7-10(1-2-12(11)18)13-8-22(5-6-23(13)9-24)14(25)15(3-4-15)16(19,20)21;1-3-7-4-8(12-6(2)13)5-11-9(7)10/h1-2,7,9,13H,3-6,8H2;4-5H,3H2,1-2H3,(H2,10,11)(H,12,13). The van der Waals surface area contributed by atoms with E-state index < -0.39 is 29.4 Å². The number of hydrogen-bond donors (Lipinski definition) is 2. The van der Waals surface area contributed by atoms with Crippen LogP contribution in [-0.4, -0.2) is 58.8 Å². The highest BCUT2D eigenvalue weighted by Gasteiger charge is 2.69. The Morgan fingerprint density at radius 2 is 1.95 bits per heavy atom. The number of piperazine rings is 1. The van der Waals surface area contributed by atoms with Crippen LogP contribution in [0.3, 0.4) is 0 Å². The van der Waals surface area contributed by atoms with Gasteiger partial charge >= 0.3 is 6.18 Å². The second-order valence-corrected chi connectivity index (χ2v) is 9.57. The first-order chi connectivity index (χ1) is 17.8. The van der Waals surface area contributed by atoms with E-state index in [-0.39, 0.29) is 43.4 Å². The first-order valence-electron chi connectivity index (χ1n) is 11.9. The topological polar surface area (TPSA) is 109 Å². The van der Waals surface area contributed by atoms with Crippen LogP contribution in [0.25, 0.3) is 0 Å². The highest BCUT2D eigenvalue weighted by atomic mass is 35.5. The van der Waals surface area contributed by atoms with Crippen molar-refractivity contribution in [3.05, 3.63) is 52.4 Å². The Bertz CT molecular complexity index is 1210. The lowest BCUT2D eigenvalue weighted by molar-refractivity contribution is -0.200. The summed E-state index contributed by atoms with van der Waals surface area (Å²) in [6, 6.07) is 5.02. The largest absolute Gasteiger partial charge is 0.403 e. The molecule has 0 bridgehead atoms. The van der Waals surface area contributed by atoms with Gasteiger partial charge in [-0.05, 0) is 48.6 Å². The second-order valence-electron chi connectivity index (χ2n) is 9.17. The van der Waals surface area contributed by atoms with Crippen LogP contribution in [0.2, 0.25) is 5.02 Å². The van der Waals surface area contributed by atoms with Gasteiger partial charge in [0.15, 0.2) is 0 Å². The quantitative estimate of drug-likeness (QED) is 0.420. The molecule has 8 nitrogen and oxygen atoms in total. The molecular weight excluding hydrogens is 530 g/mol. The number of carbonyl (C=O) groups excluding carboxylic acids is 3. The van der Waals surface area contributed by atoms with Gasteiger partial charge in [0.1, 0.15) is 17.1 Å². The third-order valence-corrected chi connectivity index (χ3v) is 6.87. The number of carbonyl (C=O) groups is 3. The molecule has 1 saturated carbocycles. The third-order valence-electron chi connectivity index (χ3n) is 6.58. The zero-order valence-electron chi connectivity index (χ0n) is 20.8. The Labute approximate surface area is 222 Å². The zero-order valence-corrected chi connectivity index (χ0v) is 21.6. The van der Waals surface area contributed by atoms with E-state index in [1.807, 2.05) is 13.0 Å². The van der Waals surface area contributed by atoms with Crippen molar-refractivity contribution in [2.45, 2.75) is 45.3 Å². The normalized spacial score (nSPS) is 18.2.